The number of carboxylic acid groups (broad SMARTS) is 2. The maximum atomic E-state index is 11.5. The van der Waals surface area contributed by atoms with Crippen LogP contribution in [0.2, 0.25) is 45.8 Å². The zero-order valence-corrected chi connectivity index (χ0v) is 24.9. The third kappa shape index (κ3) is 9.71. The van der Waals surface area contributed by atoms with Crippen LogP contribution in [0.5, 0.6) is 5.75 Å². The molecule has 0 aliphatic heterocycles. The van der Waals surface area contributed by atoms with Crippen molar-refractivity contribution in [3.05, 3.63) is 46.7 Å². The van der Waals surface area contributed by atoms with Crippen molar-refractivity contribution in [2.45, 2.75) is 72.5 Å². The molecule has 34 heavy (non-hydrogen) atoms. The second-order valence-electron chi connectivity index (χ2n) is 10.1. The highest BCUT2D eigenvalue weighted by atomic mass is 28.5. The zero-order valence-electron chi connectivity index (χ0n) is 21.9. The summed E-state index contributed by atoms with van der Waals surface area (Å²) in [6, 6.07) is 5.32. The van der Waals surface area contributed by atoms with Crippen molar-refractivity contribution >= 4 is 42.7 Å². The molecule has 0 fully saturated rings. The standard InChI is InChI=1S/C24H40O7Si3/c1-10-18-17-19(13-14-21(18)20(11-2)22(23(25)26)24(27)28)29-15-12-16-34(9,30-32(3,4)5)31-33(6,7)8/h12-14,16-17H,10-11,15H2,1-9H3,(H,25,26)(H,27,28). The highest BCUT2D eigenvalue weighted by Crippen LogP contribution is 2.30. The van der Waals surface area contributed by atoms with Crippen LogP contribution in [-0.4, -0.2) is 54.0 Å². The first-order valence-corrected chi connectivity index (χ1v) is 20.8. The fourth-order valence-corrected chi connectivity index (χ4v) is 15.1. The molecule has 190 valence electrons. The van der Waals surface area contributed by atoms with Gasteiger partial charge in [0, 0.05) is 0 Å². The summed E-state index contributed by atoms with van der Waals surface area (Å²) in [5, 5.41) is 18.8. The van der Waals surface area contributed by atoms with Crippen LogP contribution in [0, 0.1) is 0 Å². The molecule has 2 N–H and O–H groups in total. The van der Waals surface area contributed by atoms with E-state index in [2.05, 4.69) is 45.8 Å². The van der Waals surface area contributed by atoms with E-state index in [1.807, 2.05) is 24.8 Å². The molecule has 0 amide bonds. The van der Waals surface area contributed by atoms with Gasteiger partial charge in [-0.25, -0.2) is 9.59 Å². The van der Waals surface area contributed by atoms with Crippen molar-refractivity contribution in [2.75, 3.05) is 6.61 Å². The van der Waals surface area contributed by atoms with Gasteiger partial charge in [-0.3, -0.25) is 0 Å². The van der Waals surface area contributed by atoms with Crippen LogP contribution in [-0.2, 0) is 24.2 Å². The van der Waals surface area contributed by atoms with E-state index in [0.29, 0.717) is 36.3 Å². The van der Waals surface area contributed by atoms with E-state index in [0.717, 1.165) is 5.56 Å². The molecule has 0 bridgehead atoms. The summed E-state index contributed by atoms with van der Waals surface area (Å²) in [5.41, 5.74) is 3.21. The van der Waals surface area contributed by atoms with E-state index in [1.54, 1.807) is 19.1 Å². The van der Waals surface area contributed by atoms with Crippen molar-refractivity contribution in [1.29, 1.82) is 0 Å². The minimum Gasteiger partial charge on any atom is -0.490 e. The van der Waals surface area contributed by atoms with Crippen molar-refractivity contribution in [1.82, 2.24) is 0 Å². The first kappa shape index (κ1) is 30.0. The summed E-state index contributed by atoms with van der Waals surface area (Å²) in [4.78, 5) is 23.1. The minimum atomic E-state index is -2.49. The van der Waals surface area contributed by atoms with Gasteiger partial charge in [0.25, 0.3) is 0 Å². The number of rotatable bonds is 13. The highest BCUT2D eigenvalue weighted by molar-refractivity contribution is 6.89. The molecule has 0 saturated heterocycles. The Morgan fingerprint density at radius 3 is 1.85 bits per heavy atom. The van der Waals surface area contributed by atoms with Gasteiger partial charge in [0.15, 0.2) is 16.6 Å². The van der Waals surface area contributed by atoms with Crippen LogP contribution in [0.4, 0.5) is 0 Å². The van der Waals surface area contributed by atoms with Crippen LogP contribution in [0.1, 0.15) is 31.4 Å². The Bertz CT molecular complexity index is 909. The lowest BCUT2D eigenvalue weighted by atomic mass is 9.92. The molecular weight excluding hydrogens is 485 g/mol. The number of hydrogen-bond donors (Lipinski definition) is 2. The molecule has 1 rings (SSSR count). The molecule has 0 aromatic heterocycles. The predicted molar refractivity (Wildman–Crippen MR) is 143 cm³/mol. The summed E-state index contributed by atoms with van der Waals surface area (Å²) < 4.78 is 18.8. The van der Waals surface area contributed by atoms with Gasteiger partial charge in [-0.05, 0) is 93.2 Å². The van der Waals surface area contributed by atoms with E-state index < -0.39 is 42.7 Å². The lowest BCUT2D eigenvalue weighted by Gasteiger charge is -2.36. The molecule has 10 heteroatoms. The molecule has 0 radical (unpaired) electrons. The lowest BCUT2D eigenvalue weighted by Crippen LogP contribution is -2.51. The van der Waals surface area contributed by atoms with Gasteiger partial charge in [0.2, 0.25) is 0 Å². The van der Waals surface area contributed by atoms with E-state index in [-0.39, 0.29) is 0 Å². The summed E-state index contributed by atoms with van der Waals surface area (Å²) in [6.45, 7) is 19.0. The summed E-state index contributed by atoms with van der Waals surface area (Å²) in [6.07, 6.45) is 2.84. The van der Waals surface area contributed by atoms with Crippen LogP contribution in [0.3, 0.4) is 0 Å². The number of carbonyl (C=O) groups is 2. The van der Waals surface area contributed by atoms with Crippen LogP contribution in [0.15, 0.2) is 35.5 Å². The number of carboxylic acids is 2. The normalized spacial score (nSPS) is 12.6. The maximum Gasteiger partial charge on any atom is 0.343 e. The fourth-order valence-electron chi connectivity index (χ4n) is 3.81. The summed E-state index contributed by atoms with van der Waals surface area (Å²) >= 11 is 0. The Balaban J connectivity index is 3.14. The molecule has 0 aliphatic carbocycles. The molecule has 1 aromatic rings. The number of aryl methyl sites for hydroxylation is 1. The van der Waals surface area contributed by atoms with Gasteiger partial charge < -0.3 is 23.2 Å². The average Bonchev–Trinajstić information content (AvgIpc) is 2.65. The van der Waals surface area contributed by atoms with Crippen LogP contribution < -0.4 is 4.74 Å². The number of allylic oxidation sites excluding steroid dienone is 1. The van der Waals surface area contributed by atoms with E-state index in [9.17, 15) is 19.8 Å². The molecule has 0 atom stereocenters. The topological polar surface area (TPSA) is 102 Å². The molecule has 0 unspecified atom stereocenters. The van der Waals surface area contributed by atoms with Gasteiger partial charge in [0.1, 0.15) is 17.9 Å². The molecular formula is C24H40O7Si3. The third-order valence-electron chi connectivity index (χ3n) is 4.65. The van der Waals surface area contributed by atoms with Crippen LogP contribution >= 0.6 is 0 Å². The quantitative estimate of drug-likeness (QED) is 0.145. The van der Waals surface area contributed by atoms with Gasteiger partial charge in [0.05, 0.1) is 0 Å². The number of benzene rings is 1. The average molecular weight is 525 g/mol. The maximum absolute atomic E-state index is 11.5. The fraction of sp³-hybridized carbons (Fsp3) is 0.500. The van der Waals surface area contributed by atoms with E-state index in [4.69, 9.17) is 13.0 Å². The Morgan fingerprint density at radius 1 is 0.912 bits per heavy atom. The van der Waals surface area contributed by atoms with E-state index >= 15 is 0 Å². The third-order valence-corrected chi connectivity index (χ3v) is 13.6. The second-order valence-corrected chi connectivity index (χ2v) is 22.6. The van der Waals surface area contributed by atoms with Crippen molar-refractivity contribution in [2.24, 2.45) is 0 Å². The summed E-state index contributed by atoms with van der Waals surface area (Å²) in [5.74, 6) is -2.25. The summed E-state index contributed by atoms with van der Waals surface area (Å²) in [7, 11) is -6.09. The molecule has 0 saturated carbocycles. The SMILES string of the molecule is CCC(=C(C(=O)O)C(=O)O)c1ccc(OCC=C[Si](C)(O[Si](C)(C)C)O[Si](C)(C)C)cc1CC. The lowest BCUT2D eigenvalue weighted by molar-refractivity contribution is -0.140. The predicted octanol–water partition coefficient (Wildman–Crippen LogP) is 5.83. The van der Waals surface area contributed by atoms with Gasteiger partial charge >= 0.3 is 20.5 Å². The van der Waals surface area contributed by atoms with Crippen molar-refractivity contribution < 1.29 is 32.8 Å². The minimum absolute atomic E-state index is 0.293. The van der Waals surface area contributed by atoms with E-state index in [1.165, 1.54) is 0 Å². The molecule has 0 aliphatic rings. The largest absolute Gasteiger partial charge is 0.490 e. The van der Waals surface area contributed by atoms with Gasteiger partial charge in [-0.15, -0.1) is 0 Å². The highest BCUT2D eigenvalue weighted by Gasteiger charge is 2.38. The van der Waals surface area contributed by atoms with Crippen LogP contribution in [0.25, 0.3) is 5.57 Å². The number of ether oxygens (including phenoxy) is 1. The van der Waals surface area contributed by atoms with Crippen molar-refractivity contribution in [3.8, 4) is 5.75 Å². The smallest absolute Gasteiger partial charge is 0.343 e. The van der Waals surface area contributed by atoms with Crippen molar-refractivity contribution in [3.63, 3.8) is 0 Å². The first-order chi connectivity index (χ1) is 15.5. The Labute approximate surface area is 207 Å². The zero-order chi connectivity index (χ0) is 26.3. The second kappa shape index (κ2) is 12.1. The Morgan fingerprint density at radius 2 is 1.44 bits per heavy atom. The van der Waals surface area contributed by atoms with Gasteiger partial charge in [-0.2, -0.15) is 0 Å². The molecule has 7 nitrogen and oxygen atoms in total. The molecule has 0 spiro atoms. The number of hydrogen-bond acceptors (Lipinski definition) is 5. The first-order valence-electron chi connectivity index (χ1n) is 11.6. The molecule has 1 aromatic carbocycles. The van der Waals surface area contributed by atoms with Gasteiger partial charge in [-0.1, -0.05) is 26.0 Å². The Kier molecular flexibility index (Phi) is 10.7. The molecule has 0 heterocycles. The number of aliphatic carboxylic acids is 2. The Hall–Kier alpha value is -1.99. The monoisotopic (exact) mass is 524 g/mol.